The van der Waals surface area contributed by atoms with Crippen molar-refractivity contribution in [2.75, 3.05) is 5.75 Å². The summed E-state index contributed by atoms with van der Waals surface area (Å²) in [6.45, 7) is 4.53. The molecule has 0 spiro atoms. The van der Waals surface area contributed by atoms with Crippen molar-refractivity contribution in [3.05, 3.63) is 24.3 Å². The number of hydrogen-bond acceptors (Lipinski definition) is 4. The lowest BCUT2D eigenvalue weighted by molar-refractivity contribution is -0.122. The van der Waals surface area contributed by atoms with E-state index < -0.39 is 28.0 Å². The Balaban J connectivity index is 3.88. The molecule has 302 valence electrons. The summed E-state index contributed by atoms with van der Waals surface area (Å²) in [5.41, 5.74) is 0. The Labute approximate surface area is 317 Å². The predicted octanol–water partition coefficient (Wildman–Crippen LogP) is 13.1. The summed E-state index contributed by atoms with van der Waals surface area (Å²) in [6.07, 6.45) is 48.8. The predicted molar refractivity (Wildman–Crippen MR) is 221 cm³/mol. The van der Waals surface area contributed by atoms with Crippen LogP contribution in [0.2, 0.25) is 0 Å². The lowest BCUT2D eigenvalue weighted by atomic mass is 10.0. The van der Waals surface area contributed by atoms with Crippen LogP contribution in [0.5, 0.6) is 0 Å². The summed E-state index contributed by atoms with van der Waals surface area (Å²) >= 11 is 0. The molecule has 1 amide bonds. The number of unbranched alkanes of at least 4 members (excludes halogenated alkanes) is 30. The summed E-state index contributed by atoms with van der Waals surface area (Å²) in [5, 5.41) is 13.3. The van der Waals surface area contributed by atoms with Gasteiger partial charge in [-0.3, -0.25) is 9.35 Å². The molecular weight excluding hydrogens is 655 g/mol. The monoisotopic (exact) mass is 740 g/mol. The molecule has 0 aromatic carbocycles. The topological polar surface area (TPSA) is 104 Å². The molecule has 0 aliphatic carbocycles. The molecular formula is C44H85NO5S. The van der Waals surface area contributed by atoms with Crippen LogP contribution in [0.1, 0.15) is 232 Å². The number of hydrogen-bond donors (Lipinski definition) is 3. The Bertz CT molecular complexity index is 903. The average molecular weight is 740 g/mol. The molecule has 0 saturated carbocycles. The molecule has 2 unspecified atom stereocenters. The van der Waals surface area contributed by atoms with E-state index in [0.29, 0.717) is 0 Å². The van der Waals surface area contributed by atoms with E-state index in [1.807, 2.05) is 6.08 Å². The molecule has 0 bridgehead atoms. The molecule has 51 heavy (non-hydrogen) atoms. The highest BCUT2D eigenvalue weighted by Crippen LogP contribution is 2.15. The fourth-order valence-electron chi connectivity index (χ4n) is 6.80. The second-order valence-corrected chi connectivity index (χ2v) is 16.8. The molecule has 0 aliphatic rings. The summed E-state index contributed by atoms with van der Waals surface area (Å²) < 4.78 is 32.5. The summed E-state index contributed by atoms with van der Waals surface area (Å²) in [7, 11) is -4.34. The van der Waals surface area contributed by atoms with E-state index in [4.69, 9.17) is 0 Å². The standard InChI is InChI=1S/C44H85NO5S/c1-3-5-7-9-11-13-15-17-19-21-22-23-24-25-27-29-31-33-35-37-39-43(46)42(41-51(48,49)50)45-44(47)40-38-36-34-32-30-28-26-20-18-16-14-12-10-8-6-4-2/h20,26,37,39,42-43,46H,3-19,21-25,27-36,38,40-41H2,1-2H3,(H,45,47)(H,48,49,50)/b26-20-,39-37+. The molecule has 3 N–H and O–H groups in total. The lowest BCUT2D eigenvalue weighted by Crippen LogP contribution is -2.46. The fraction of sp³-hybridized carbons (Fsp3) is 0.886. The molecule has 0 aromatic heterocycles. The van der Waals surface area contributed by atoms with Crippen LogP contribution >= 0.6 is 0 Å². The first-order valence-corrected chi connectivity index (χ1v) is 23.6. The van der Waals surface area contributed by atoms with Gasteiger partial charge >= 0.3 is 0 Å². The van der Waals surface area contributed by atoms with Crippen molar-refractivity contribution >= 4 is 16.0 Å². The Hall–Kier alpha value is -1.18. The van der Waals surface area contributed by atoms with Crippen molar-refractivity contribution in [2.24, 2.45) is 0 Å². The van der Waals surface area contributed by atoms with E-state index in [9.17, 15) is 22.9 Å². The molecule has 2 atom stereocenters. The minimum absolute atomic E-state index is 0.284. The minimum Gasteiger partial charge on any atom is -0.387 e. The van der Waals surface area contributed by atoms with Gasteiger partial charge in [0, 0.05) is 6.42 Å². The van der Waals surface area contributed by atoms with E-state index in [1.165, 1.54) is 154 Å². The van der Waals surface area contributed by atoms with Crippen LogP contribution in [0.15, 0.2) is 24.3 Å². The molecule has 0 saturated heterocycles. The number of amides is 1. The zero-order valence-electron chi connectivity index (χ0n) is 33.7. The van der Waals surface area contributed by atoms with Gasteiger partial charge in [0.2, 0.25) is 5.91 Å². The molecule has 0 aromatic rings. The largest absolute Gasteiger partial charge is 0.387 e. The van der Waals surface area contributed by atoms with Crippen LogP contribution in [0.4, 0.5) is 0 Å². The number of aliphatic hydroxyl groups is 1. The third-order valence-electron chi connectivity index (χ3n) is 10.1. The Morgan fingerprint density at radius 2 is 0.824 bits per heavy atom. The van der Waals surface area contributed by atoms with Gasteiger partial charge in [0.25, 0.3) is 10.1 Å². The van der Waals surface area contributed by atoms with Crippen LogP contribution in [-0.2, 0) is 14.9 Å². The number of rotatable bonds is 40. The maximum absolute atomic E-state index is 12.5. The van der Waals surface area contributed by atoms with Crippen molar-refractivity contribution < 1.29 is 22.9 Å². The van der Waals surface area contributed by atoms with Crippen LogP contribution in [-0.4, -0.2) is 41.9 Å². The number of aliphatic hydroxyl groups excluding tert-OH is 1. The number of carbonyl (C=O) groups excluding carboxylic acids is 1. The normalized spacial score (nSPS) is 13.4. The van der Waals surface area contributed by atoms with Crippen LogP contribution in [0, 0.1) is 0 Å². The molecule has 7 heteroatoms. The third-order valence-corrected chi connectivity index (χ3v) is 10.9. The molecule has 0 heterocycles. The highest BCUT2D eigenvalue weighted by molar-refractivity contribution is 7.85. The summed E-state index contributed by atoms with van der Waals surface area (Å²) in [5.74, 6) is -0.983. The SMILES string of the molecule is CCCCCCCCC/C=C\CCCCCCCC(=O)NC(CS(=O)(=O)O)C(O)/C=C/CCCCCCCCCCCCCCCCCCCC. The molecule has 0 radical (unpaired) electrons. The fourth-order valence-corrected chi connectivity index (χ4v) is 7.53. The van der Waals surface area contributed by atoms with Crippen molar-refractivity contribution in [2.45, 2.75) is 244 Å². The number of carbonyl (C=O) groups is 1. The summed E-state index contributed by atoms with van der Waals surface area (Å²) in [4.78, 5) is 12.5. The molecule has 0 fully saturated rings. The highest BCUT2D eigenvalue weighted by Gasteiger charge is 2.24. The van der Waals surface area contributed by atoms with Gasteiger partial charge in [0.05, 0.1) is 17.9 Å². The van der Waals surface area contributed by atoms with E-state index in [2.05, 4.69) is 31.3 Å². The lowest BCUT2D eigenvalue weighted by Gasteiger charge is -2.21. The molecule has 0 aliphatic heterocycles. The van der Waals surface area contributed by atoms with Crippen LogP contribution < -0.4 is 5.32 Å². The maximum Gasteiger partial charge on any atom is 0.267 e. The third kappa shape index (κ3) is 39.9. The Morgan fingerprint density at radius 1 is 0.510 bits per heavy atom. The van der Waals surface area contributed by atoms with Gasteiger partial charge in [-0.25, -0.2) is 0 Å². The first-order chi connectivity index (χ1) is 24.8. The number of allylic oxidation sites excluding steroid dienone is 3. The Morgan fingerprint density at radius 3 is 1.18 bits per heavy atom. The van der Waals surface area contributed by atoms with Crippen molar-refractivity contribution in [1.29, 1.82) is 0 Å². The average Bonchev–Trinajstić information content (AvgIpc) is 3.09. The highest BCUT2D eigenvalue weighted by atomic mass is 32.2. The van der Waals surface area contributed by atoms with E-state index in [1.54, 1.807) is 6.08 Å². The van der Waals surface area contributed by atoms with Gasteiger partial charge in [0.15, 0.2) is 0 Å². The summed E-state index contributed by atoms with van der Waals surface area (Å²) in [6, 6.07) is -1.06. The zero-order valence-corrected chi connectivity index (χ0v) is 34.6. The quantitative estimate of drug-likeness (QED) is 0.0330. The second-order valence-electron chi connectivity index (χ2n) is 15.3. The first-order valence-electron chi connectivity index (χ1n) is 22.0. The van der Waals surface area contributed by atoms with Crippen molar-refractivity contribution in [3.63, 3.8) is 0 Å². The molecule has 6 nitrogen and oxygen atoms in total. The van der Waals surface area contributed by atoms with Gasteiger partial charge in [-0.2, -0.15) is 8.42 Å². The van der Waals surface area contributed by atoms with Gasteiger partial charge in [-0.15, -0.1) is 0 Å². The minimum atomic E-state index is -4.34. The van der Waals surface area contributed by atoms with Crippen molar-refractivity contribution in [3.8, 4) is 0 Å². The van der Waals surface area contributed by atoms with Gasteiger partial charge in [-0.05, 0) is 44.9 Å². The smallest absolute Gasteiger partial charge is 0.267 e. The van der Waals surface area contributed by atoms with Crippen LogP contribution in [0.25, 0.3) is 0 Å². The zero-order chi connectivity index (χ0) is 37.5. The van der Waals surface area contributed by atoms with Gasteiger partial charge in [-0.1, -0.05) is 205 Å². The van der Waals surface area contributed by atoms with E-state index in [-0.39, 0.29) is 12.3 Å². The van der Waals surface area contributed by atoms with E-state index >= 15 is 0 Å². The van der Waals surface area contributed by atoms with Gasteiger partial charge < -0.3 is 10.4 Å². The maximum atomic E-state index is 12.5. The Kier molecular flexibility index (Phi) is 37.6. The second kappa shape index (κ2) is 38.5. The number of nitrogens with one attached hydrogen (secondary N) is 1. The molecule has 0 rings (SSSR count). The van der Waals surface area contributed by atoms with E-state index in [0.717, 1.165) is 57.8 Å². The first kappa shape index (κ1) is 49.8. The van der Waals surface area contributed by atoms with Crippen LogP contribution in [0.3, 0.4) is 0 Å². The van der Waals surface area contributed by atoms with Crippen molar-refractivity contribution in [1.82, 2.24) is 5.32 Å². The van der Waals surface area contributed by atoms with Gasteiger partial charge in [0.1, 0.15) is 0 Å².